The number of piperidine rings is 1. The Morgan fingerprint density at radius 3 is 2.79 bits per heavy atom. The lowest BCUT2D eigenvalue weighted by Crippen LogP contribution is -2.52. The Kier molecular flexibility index (Phi) is 5.14. The van der Waals surface area contributed by atoms with Crippen LogP contribution in [0.1, 0.15) is 25.7 Å². The average Bonchev–Trinajstić information content (AvgIpc) is 3.34. The summed E-state index contributed by atoms with van der Waals surface area (Å²) in [5.74, 6) is 1.16. The van der Waals surface area contributed by atoms with Gasteiger partial charge in [0, 0.05) is 30.1 Å². The van der Waals surface area contributed by atoms with Gasteiger partial charge in [-0.1, -0.05) is 11.6 Å². The number of anilines is 1. The lowest BCUT2D eigenvalue weighted by atomic mass is 9.77. The number of carbonyl (C=O) groups excluding carboxylic acids is 1. The number of rotatable bonds is 3. The van der Waals surface area contributed by atoms with Gasteiger partial charge in [0.05, 0.1) is 12.1 Å². The Balaban J connectivity index is 1.17. The molecule has 1 aliphatic carbocycles. The molecule has 3 N–H and O–H groups in total. The van der Waals surface area contributed by atoms with Crippen LogP contribution in [0.15, 0.2) is 22.6 Å². The molecule has 3 aliphatic rings. The van der Waals surface area contributed by atoms with E-state index in [0.717, 1.165) is 57.4 Å². The third-order valence-corrected chi connectivity index (χ3v) is 7.08. The van der Waals surface area contributed by atoms with Crippen molar-refractivity contribution in [1.29, 1.82) is 0 Å². The fourth-order valence-electron chi connectivity index (χ4n) is 5.11. The largest absolute Gasteiger partial charge is 0.423 e. The van der Waals surface area contributed by atoms with Gasteiger partial charge in [-0.3, -0.25) is 4.79 Å². The van der Waals surface area contributed by atoms with Gasteiger partial charge in [-0.15, -0.1) is 0 Å². The van der Waals surface area contributed by atoms with Crippen LogP contribution < -0.4 is 15.5 Å². The zero-order valence-corrected chi connectivity index (χ0v) is 17.1. The Hall–Kier alpha value is -1.83. The van der Waals surface area contributed by atoms with Crippen molar-refractivity contribution in [1.82, 2.24) is 15.6 Å². The summed E-state index contributed by atoms with van der Waals surface area (Å²) in [6.07, 6.45) is 2.72. The molecule has 4 atom stereocenters. The molecular weight excluding hydrogens is 392 g/mol. The fourth-order valence-corrected chi connectivity index (χ4v) is 5.27. The monoisotopic (exact) mass is 418 g/mol. The molecule has 2 aliphatic heterocycles. The van der Waals surface area contributed by atoms with E-state index in [4.69, 9.17) is 16.0 Å². The summed E-state index contributed by atoms with van der Waals surface area (Å²) in [6.45, 7) is 3.43. The number of benzene rings is 1. The van der Waals surface area contributed by atoms with Gasteiger partial charge >= 0.3 is 0 Å². The number of hydrogen-bond acceptors (Lipinski definition) is 6. The molecule has 1 saturated carbocycles. The van der Waals surface area contributed by atoms with E-state index in [1.807, 2.05) is 6.07 Å². The van der Waals surface area contributed by atoms with E-state index < -0.39 is 6.10 Å². The highest BCUT2D eigenvalue weighted by atomic mass is 35.5. The molecule has 1 amide bonds. The molecule has 2 saturated heterocycles. The van der Waals surface area contributed by atoms with Crippen LogP contribution in [0.5, 0.6) is 0 Å². The minimum atomic E-state index is -0.438. The zero-order chi connectivity index (χ0) is 20.0. The maximum atomic E-state index is 12.8. The van der Waals surface area contributed by atoms with Gasteiger partial charge < -0.3 is 25.1 Å². The number of aromatic nitrogens is 1. The van der Waals surface area contributed by atoms with Crippen LogP contribution in [-0.2, 0) is 4.79 Å². The fraction of sp³-hybridized carbons (Fsp3) is 0.619. The van der Waals surface area contributed by atoms with Crippen LogP contribution in [0.3, 0.4) is 0 Å². The Morgan fingerprint density at radius 1 is 1.24 bits per heavy atom. The second-order valence-electron chi connectivity index (χ2n) is 8.70. The molecule has 3 fully saturated rings. The van der Waals surface area contributed by atoms with Crippen molar-refractivity contribution in [2.75, 3.05) is 31.1 Å². The SMILES string of the molecule is O=C(N[C@H]1C[C@H]2CNC[C@H]2C[C@@H]1O)C1CCN(c2nc3ccc(Cl)cc3o2)CC1. The topological polar surface area (TPSA) is 90.6 Å². The lowest BCUT2D eigenvalue weighted by molar-refractivity contribution is -0.128. The second kappa shape index (κ2) is 7.78. The highest BCUT2D eigenvalue weighted by Gasteiger charge is 2.40. The molecule has 29 heavy (non-hydrogen) atoms. The van der Waals surface area contributed by atoms with E-state index >= 15 is 0 Å². The van der Waals surface area contributed by atoms with Crippen LogP contribution in [0.25, 0.3) is 11.1 Å². The first-order chi connectivity index (χ1) is 14.1. The Labute approximate surface area is 174 Å². The minimum Gasteiger partial charge on any atom is -0.423 e. The summed E-state index contributed by atoms with van der Waals surface area (Å²) in [6, 6.07) is 5.89. The quantitative estimate of drug-likeness (QED) is 0.707. The van der Waals surface area contributed by atoms with E-state index in [0.29, 0.717) is 28.5 Å². The molecule has 1 aromatic heterocycles. The molecule has 0 spiro atoms. The molecule has 156 valence electrons. The van der Waals surface area contributed by atoms with Crippen LogP contribution in [0, 0.1) is 17.8 Å². The first-order valence-electron chi connectivity index (χ1n) is 10.6. The summed E-state index contributed by atoms with van der Waals surface area (Å²) < 4.78 is 5.85. The smallest absolute Gasteiger partial charge is 0.298 e. The first kappa shape index (κ1) is 19.2. The number of carbonyl (C=O) groups is 1. The second-order valence-corrected chi connectivity index (χ2v) is 9.14. The van der Waals surface area contributed by atoms with Gasteiger partial charge in [0.15, 0.2) is 5.58 Å². The molecule has 3 heterocycles. The maximum absolute atomic E-state index is 12.8. The van der Waals surface area contributed by atoms with Crippen molar-refractivity contribution >= 4 is 34.6 Å². The predicted octanol–water partition coefficient (Wildman–Crippen LogP) is 2.17. The molecule has 7 nitrogen and oxygen atoms in total. The Morgan fingerprint density at radius 2 is 2.00 bits per heavy atom. The third kappa shape index (κ3) is 3.83. The maximum Gasteiger partial charge on any atom is 0.298 e. The number of fused-ring (bicyclic) bond motifs is 2. The minimum absolute atomic E-state index is 0.0308. The number of amides is 1. The molecule has 0 unspecified atom stereocenters. The molecule has 0 bridgehead atoms. The lowest BCUT2D eigenvalue weighted by Gasteiger charge is -2.37. The van der Waals surface area contributed by atoms with E-state index in [1.165, 1.54) is 0 Å². The number of halogens is 1. The number of oxazole rings is 1. The van der Waals surface area contributed by atoms with E-state index in [9.17, 15) is 9.90 Å². The normalized spacial score (nSPS) is 30.5. The van der Waals surface area contributed by atoms with Crippen molar-refractivity contribution in [2.45, 2.75) is 37.8 Å². The van der Waals surface area contributed by atoms with Crippen LogP contribution in [0.4, 0.5) is 6.01 Å². The van der Waals surface area contributed by atoms with Crippen LogP contribution >= 0.6 is 11.6 Å². The standard InChI is InChI=1S/C21H27ClN4O3/c22-15-1-2-16-19(9-15)29-21(25-16)26-5-3-12(4-6-26)20(28)24-17-7-13-10-23-11-14(13)8-18(17)27/h1-2,9,12-14,17-18,23,27H,3-8,10-11H2,(H,24,28)/t13-,14+,17-,18-/m0/s1. The number of nitrogens with one attached hydrogen (secondary N) is 2. The molecular formula is C21H27ClN4O3. The van der Waals surface area contributed by atoms with Crippen molar-refractivity contribution in [3.05, 3.63) is 23.2 Å². The first-order valence-corrected chi connectivity index (χ1v) is 10.9. The van der Waals surface area contributed by atoms with Crippen molar-refractivity contribution in [3.8, 4) is 0 Å². The van der Waals surface area contributed by atoms with Gasteiger partial charge in [0.1, 0.15) is 5.52 Å². The molecule has 0 radical (unpaired) electrons. The Bertz CT molecular complexity index is 895. The van der Waals surface area contributed by atoms with Crippen LogP contribution in [-0.4, -0.2) is 54.3 Å². The highest BCUT2D eigenvalue weighted by molar-refractivity contribution is 6.31. The van der Waals surface area contributed by atoms with Crippen LogP contribution in [0.2, 0.25) is 5.02 Å². The summed E-state index contributed by atoms with van der Waals surface area (Å²) in [7, 11) is 0. The highest BCUT2D eigenvalue weighted by Crippen LogP contribution is 2.33. The summed E-state index contributed by atoms with van der Waals surface area (Å²) >= 11 is 6.02. The van der Waals surface area contributed by atoms with Gasteiger partial charge in [-0.2, -0.15) is 4.98 Å². The molecule has 1 aromatic carbocycles. The zero-order valence-electron chi connectivity index (χ0n) is 16.3. The van der Waals surface area contributed by atoms with Gasteiger partial charge in [-0.05, 0) is 62.7 Å². The van der Waals surface area contributed by atoms with Crippen molar-refractivity contribution in [3.63, 3.8) is 0 Å². The van der Waals surface area contributed by atoms with E-state index in [1.54, 1.807) is 12.1 Å². The van der Waals surface area contributed by atoms with Crippen molar-refractivity contribution < 1.29 is 14.3 Å². The van der Waals surface area contributed by atoms with Gasteiger partial charge in [0.2, 0.25) is 5.91 Å². The van der Waals surface area contributed by atoms with E-state index in [2.05, 4.69) is 20.5 Å². The summed E-state index contributed by atoms with van der Waals surface area (Å²) in [4.78, 5) is 19.4. The third-order valence-electron chi connectivity index (χ3n) is 6.85. The average molecular weight is 419 g/mol. The summed E-state index contributed by atoms with van der Waals surface area (Å²) in [5.41, 5.74) is 1.47. The molecule has 5 rings (SSSR count). The molecule has 2 aromatic rings. The predicted molar refractivity (Wildman–Crippen MR) is 111 cm³/mol. The van der Waals surface area contributed by atoms with Gasteiger partial charge in [-0.25, -0.2) is 0 Å². The van der Waals surface area contributed by atoms with Crippen molar-refractivity contribution in [2.24, 2.45) is 17.8 Å². The number of aliphatic hydroxyl groups is 1. The number of aliphatic hydroxyl groups excluding tert-OH is 1. The van der Waals surface area contributed by atoms with E-state index in [-0.39, 0.29) is 17.9 Å². The number of hydrogen-bond donors (Lipinski definition) is 3. The summed E-state index contributed by atoms with van der Waals surface area (Å²) in [5, 5.41) is 17.6. The molecule has 8 heteroatoms. The number of nitrogens with zero attached hydrogens (tertiary/aromatic N) is 2. The van der Waals surface area contributed by atoms with Gasteiger partial charge in [0.25, 0.3) is 6.01 Å².